The largest absolute Gasteiger partial charge is 0.383 e. The number of halogens is 2. The highest BCUT2D eigenvalue weighted by atomic mass is 35.5. The summed E-state index contributed by atoms with van der Waals surface area (Å²) in [7, 11) is 0. The summed E-state index contributed by atoms with van der Waals surface area (Å²) in [5.41, 5.74) is 6.93. The molecule has 1 aromatic carbocycles. The number of carbonyl (C=O) groups is 2. The normalized spacial score (nSPS) is 10.7. The maximum Gasteiger partial charge on any atom is 0.319 e. The molecule has 0 aliphatic heterocycles. The maximum atomic E-state index is 12.9. The van der Waals surface area contributed by atoms with Crippen molar-refractivity contribution in [2.45, 2.75) is 6.92 Å². The summed E-state index contributed by atoms with van der Waals surface area (Å²) in [5, 5.41) is 6.10. The Labute approximate surface area is 159 Å². The van der Waals surface area contributed by atoms with Crippen LogP contribution in [0.2, 0.25) is 10.0 Å². The van der Waals surface area contributed by atoms with E-state index in [2.05, 4.69) is 15.6 Å². The number of hydrogen-bond acceptors (Lipinski definition) is 4. The molecule has 2 amide bonds. The third-order valence-electron chi connectivity index (χ3n) is 3.72. The van der Waals surface area contributed by atoms with Gasteiger partial charge in [0, 0.05) is 30.0 Å². The molecule has 0 spiro atoms. The van der Waals surface area contributed by atoms with Crippen molar-refractivity contribution in [2.24, 2.45) is 0 Å². The van der Waals surface area contributed by atoms with Gasteiger partial charge in [0.1, 0.15) is 5.82 Å². The minimum atomic E-state index is -0.412. The number of amides is 2. The lowest BCUT2D eigenvalue weighted by Crippen LogP contribution is -2.28. The van der Waals surface area contributed by atoms with Gasteiger partial charge in [0.25, 0.3) is 5.91 Å². The molecule has 0 aliphatic carbocycles. The fourth-order valence-electron chi connectivity index (χ4n) is 2.57. The Morgan fingerprint density at radius 1 is 1.23 bits per heavy atom. The van der Waals surface area contributed by atoms with Gasteiger partial charge in [0.15, 0.2) is 0 Å². The summed E-state index contributed by atoms with van der Waals surface area (Å²) in [5.74, 6) is -0.0853. The number of carbonyl (C=O) groups excluding carboxylic acids is 2. The van der Waals surface area contributed by atoms with E-state index in [9.17, 15) is 9.59 Å². The standard InChI is InChI=1S/C17H15Cl2N5O2/c1-2-21-17(26)23-9-7-11(18)14(12(19)8-9)16(25)24-6-4-10-13(24)3-5-22-15(10)20/h3-8H,2H2,1H3,(H2,20,22)(H2,21,23,26). The number of aromatic nitrogens is 2. The van der Waals surface area contributed by atoms with Gasteiger partial charge in [-0.05, 0) is 31.2 Å². The molecule has 3 rings (SSSR count). The third-order valence-corrected chi connectivity index (χ3v) is 4.31. The van der Waals surface area contributed by atoms with Gasteiger partial charge in [0.2, 0.25) is 0 Å². The number of pyridine rings is 1. The zero-order chi connectivity index (χ0) is 18.8. The fraction of sp³-hybridized carbons (Fsp3) is 0.118. The summed E-state index contributed by atoms with van der Waals surface area (Å²) >= 11 is 12.5. The Bertz CT molecular complexity index is 993. The van der Waals surface area contributed by atoms with Gasteiger partial charge in [-0.3, -0.25) is 9.36 Å². The number of nitrogens with one attached hydrogen (secondary N) is 2. The topological polar surface area (TPSA) is 102 Å². The smallest absolute Gasteiger partial charge is 0.319 e. The van der Waals surface area contributed by atoms with Crippen LogP contribution >= 0.6 is 23.2 Å². The number of urea groups is 1. The van der Waals surface area contributed by atoms with E-state index in [1.165, 1.54) is 22.9 Å². The van der Waals surface area contributed by atoms with Crippen molar-refractivity contribution >= 4 is 57.5 Å². The molecule has 0 aliphatic rings. The molecule has 3 aromatic rings. The van der Waals surface area contributed by atoms with Crippen molar-refractivity contribution in [3.63, 3.8) is 0 Å². The van der Waals surface area contributed by atoms with E-state index >= 15 is 0 Å². The zero-order valence-corrected chi connectivity index (χ0v) is 15.2. The van der Waals surface area contributed by atoms with E-state index in [4.69, 9.17) is 28.9 Å². The minimum Gasteiger partial charge on any atom is -0.383 e. The first-order valence-corrected chi connectivity index (χ1v) is 8.48. The molecule has 134 valence electrons. The van der Waals surface area contributed by atoms with Crippen molar-refractivity contribution in [1.29, 1.82) is 0 Å². The van der Waals surface area contributed by atoms with Crippen LogP contribution in [0.15, 0.2) is 36.7 Å². The number of rotatable bonds is 3. The summed E-state index contributed by atoms with van der Waals surface area (Å²) in [6, 6.07) is 5.92. The Morgan fingerprint density at radius 3 is 2.58 bits per heavy atom. The summed E-state index contributed by atoms with van der Waals surface area (Å²) in [6.07, 6.45) is 3.10. The van der Waals surface area contributed by atoms with E-state index < -0.39 is 11.9 Å². The van der Waals surface area contributed by atoms with Crippen molar-refractivity contribution in [1.82, 2.24) is 14.9 Å². The molecular weight excluding hydrogens is 377 g/mol. The van der Waals surface area contributed by atoms with Gasteiger partial charge in [-0.15, -0.1) is 0 Å². The van der Waals surface area contributed by atoms with Crippen LogP contribution in [-0.4, -0.2) is 28.0 Å². The number of hydrogen-bond donors (Lipinski definition) is 3. The molecule has 0 bridgehead atoms. The predicted molar refractivity (Wildman–Crippen MR) is 103 cm³/mol. The number of nitrogens with zero attached hydrogens (tertiary/aromatic N) is 2. The average Bonchev–Trinajstić information content (AvgIpc) is 2.99. The highest BCUT2D eigenvalue weighted by molar-refractivity contribution is 6.40. The number of nitrogen functional groups attached to an aromatic ring is 1. The van der Waals surface area contributed by atoms with Gasteiger partial charge in [0.05, 0.1) is 21.1 Å². The Morgan fingerprint density at radius 2 is 1.92 bits per heavy atom. The number of fused-ring (bicyclic) bond motifs is 1. The lowest BCUT2D eigenvalue weighted by atomic mass is 10.2. The highest BCUT2D eigenvalue weighted by Crippen LogP contribution is 2.31. The lowest BCUT2D eigenvalue weighted by molar-refractivity contribution is 0.0965. The Hall–Kier alpha value is -2.77. The molecule has 9 heteroatoms. The number of anilines is 2. The lowest BCUT2D eigenvalue weighted by Gasteiger charge is -2.12. The van der Waals surface area contributed by atoms with Crippen molar-refractivity contribution in [2.75, 3.05) is 17.6 Å². The number of nitrogens with two attached hydrogens (primary N) is 1. The molecule has 7 nitrogen and oxygen atoms in total. The van der Waals surface area contributed by atoms with Crippen LogP contribution < -0.4 is 16.4 Å². The first-order valence-electron chi connectivity index (χ1n) is 7.72. The second-order valence-electron chi connectivity index (χ2n) is 5.42. The van der Waals surface area contributed by atoms with Gasteiger partial charge < -0.3 is 16.4 Å². The molecular formula is C17H15Cl2N5O2. The quantitative estimate of drug-likeness (QED) is 0.632. The highest BCUT2D eigenvalue weighted by Gasteiger charge is 2.20. The van der Waals surface area contributed by atoms with E-state index in [1.807, 2.05) is 0 Å². The predicted octanol–water partition coefficient (Wildman–Crippen LogP) is 3.76. The van der Waals surface area contributed by atoms with Crippen LogP contribution in [0.1, 0.15) is 17.3 Å². The van der Waals surface area contributed by atoms with Crippen LogP contribution in [0.25, 0.3) is 10.9 Å². The minimum absolute atomic E-state index is 0.123. The molecule has 0 radical (unpaired) electrons. The van der Waals surface area contributed by atoms with Gasteiger partial charge >= 0.3 is 6.03 Å². The fourth-order valence-corrected chi connectivity index (χ4v) is 3.22. The second-order valence-corrected chi connectivity index (χ2v) is 6.23. The monoisotopic (exact) mass is 391 g/mol. The van der Waals surface area contributed by atoms with E-state index in [-0.39, 0.29) is 15.6 Å². The third kappa shape index (κ3) is 3.31. The molecule has 4 N–H and O–H groups in total. The Balaban J connectivity index is 1.99. The van der Waals surface area contributed by atoms with Gasteiger partial charge in [-0.2, -0.15) is 0 Å². The van der Waals surface area contributed by atoms with E-state index in [0.717, 1.165) is 0 Å². The first-order chi connectivity index (χ1) is 12.4. The molecule has 2 heterocycles. The molecule has 0 atom stereocenters. The van der Waals surface area contributed by atoms with E-state index in [0.29, 0.717) is 29.0 Å². The summed E-state index contributed by atoms with van der Waals surface area (Å²) in [4.78, 5) is 28.6. The number of benzene rings is 1. The molecule has 2 aromatic heterocycles. The van der Waals surface area contributed by atoms with Crippen LogP contribution in [0.4, 0.5) is 16.3 Å². The van der Waals surface area contributed by atoms with E-state index in [1.54, 1.807) is 25.3 Å². The molecule has 0 saturated heterocycles. The SMILES string of the molecule is CCNC(=O)Nc1cc(Cl)c(C(=O)n2ccc3c(N)nccc32)c(Cl)c1. The van der Waals surface area contributed by atoms with Crippen LogP contribution in [0.5, 0.6) is 0 Å². The van der Waals surface area contributed by atoms with Crippen LogP contribution in [0, 0.1) is 0 Å². The zero-order valence-electron chi connectivity index (χ0n) is 13.7. The summed E-state index contributed by atoms with van der Waals surface area (Å²) in [6.45, 7) is 2.27. The van der Waals surface area contributed by atoms with Crippen LogP contribution in [-0.2, 0) is 0 Å². The Kier molecular flexibility index (Phi) is 5.01. The molecule has 26 heavy (non-hydrogen) atoms. The van der Waals surface area contributed by atoms with Crippen molar-refractivity contribution < 1.29 is 9.59 Å². The average molecular weight is 392 g/mol. The van der Waals surface area contributed by atoms with Gasteiger partial charge in [-0.25, -0.2) is 9.78 Å². The van der Waals surface area contributed by atoms with Crippen molar-refractivity contribution in [3.8, 4) is 0 Å². The van der Waals surface area contributed by atoms with Crippen LogP contribution in [0.3, 0.4) is 0 Å². The first kappa shape index (κ1) is 18.0. The van der Waals surface area contributed by atoms with Gasteiger partial charge in [-0.1, -0.05) is 23.2 Å². The molecule has 0 unspecified atom stereocenters. The maximum absolute atomic E-state index is 12.9. The molecule has 0 saturated carbocycles. The summed E-state index contributed by atoms with van der Waals surface area (Å²) < 4.78 is 1.40. The van der Waals surface area contributed by atoms with Crippen molar-refractivity contribution in [3.05, 3.63) is 52.3 Å². The second kappa shape index (κ2) is 7.23. The molecule has 0 fully saturated rings.